The van der Waals surface area contributed by atoms with Gasteiger partial charge in [0.1, 0.15) is 0 Å². The summed E-state index contributed by atoms with van der Waals surface area (Å²) in [6.45, 7) is 3.56. The van der Waals surface area contributed by atoms with Crippen LogP contribution in [0.2, 0.25) is 0 Å². The standard InChI is InChI=1S/C21H30N2O3/c1-26-13-5-10-23-16-19(15-20(23)24)21(25)22-11-8-18(9-12-22)14-17-6-3-2-4-7-17/h2-4,6-7,18-19H,5,8-16H2,1H3. The molecule has 2 fully saturated rings. The maximum absolute atomic E-state index is 12.8. The summed E-state index contributed by atoms with van der Waals surface area (Å²) in [4.78, 5) is 28.8. The summed E-state index contributed by atoms with van der Waals surface area (Å²) in [5, 5.41) is 0. The zero-order valence-corrected chi connectivity index (χ0v) is 15.7. The maximum Gasteiger partial charge on any atom is 0.227 e. The molecule has 0 radical (unpaired) electrons. The van der Waals surface area contributed by atoms with Crippen molar-refractivity contribution in [2.24, 2.45) is 11.8 Å². The second-order valence-electron chi connectivity index (χ2n) is 7.55. The monoisotopic (exact) mass is 358 g/mol. The third-order valence-electron chi connectivity index (χ3n) is 5.63. The molecule has 142 valence electrons. The highest BCUT2D eigenvalue weighted by Crippen LogP contribution is 2.26. The van der Waals surface area contributed by atoms with Crippen molar-refractivity contribution in [1.29, 1.82) is 0 Å². The van der Waals surface area contributed by atoms with Crippen molar-refractivity contribution < 1.29 is 14.3 Å². The fourth-order valence-electron chi connectivity index (χ4n) is 4.12. The number of likely N-dealkylation sites (tertiary alicyclic amines) is 2. The molecule has 5 heteroatoms. The Balaban J connectivity index is 1.44. The van der Waals surface area contributed by atoms with Crippen LogP contribution in [0.1, 0.15) is 31.2 Å². The lowest BCUT2D eigenvalue weighted by Crippen LogP contribution is -2.42. The summed E-state index contributed by atoms with van der Waals surface area (Å²) < 4.78 is 5.05. The summed E-state index contributed by atoms with van der Waals surface area (Å²) in [6.07, 6.45) is 4.40. The molecule has 2 amide bonds. The highest BCUT2D eigenvalue weighted by molar-refractivity contribution is 5.89. The molecule has 0 N–H and O–H groups in total. The normalized spacial score (nSPS) is 21.4. The van der Waals surface area contributed by atoms with E-state index in [1.807, 2.05) is 15.9 Å². The fourth-order valence-corrected chi connectivity index (χ4v) is 4.12. The zero-order valence-electron chi connectivity index (χ0n) is 15.7. The Morgan fingerprint density at radius 3 is 2.62 bits per heavy atom. The maximum atomic E-state index is 12.8. The molecule has 1 unspecified atom stereocenters. The number of amides is 2. The number of ether oxygens (including phenoxy) is 1. The van der Waals surface area contributed by atoms with Gasteiger partial charge in [0.25, 0.3) is 0 Å². The van der Waals surface area contributed by atoms with Gasteiger partial charge in [-0.3, -0.25) is 9.59 Å². The Labute approximate surface area is 156 Å². The van der Waals surface area contributed by atoms with Crippen LogP contribution in [0.25, 0.3) is 0 Å². The van der Waals surface area contributed by atoms with E-state index in [1.165, 1.54) is 5.56 Å². The van der Waals surface area contributed by atoms with E-state index >= 15 is 0 Å². The van der Waals surface area contributed by atoms with Gasteiger partial charge in [0.05, 0.1) is 5.92 Å². The minimum absolute atomic E-state index is 0.110. The average molecular weight is 358 g/mol. The van der Waals surface area contributed by atoms with Gasteiger partial charge in [0.15, 0.2) is 0 Å². The topological polar surface area (TPSA) is 49.9 Å². The number of nitrogens with zero attached hydrogens (tertiary/aromatic N) is 2. The number of piperidine rings is 1. The quantitative estimate of drug-likeness (QED) is 0.703. The lowest BCUT2D eigenvalue weighted by Gasteiger charge is -2.33. The van der Waals surface area contributed by atoms with Crippen LogP contribution in [0.15, 0.2) is 30.3 Å². The summed E-state index contributed by atoms with van der Waals surface area (Å²) in [5.74, 6) is 0.775. The van der Waals surface area contributed by atoms with Crippen molar-refractivity contribution >= 4 is 11.8 Å². The van der Waals surface area contributed by atoms with Crippen LogP contribution < -0.4 is 0 Å². The van der Waals surface area contributed by atoms with Crippen molar-refractivity contribution in [3.63, 3.8) is 0 Å². The van der Waals surface area contributed by atoms with E-state index in [2.05, 4.69) is 24.3 Å². The van der Waals surface area contributed by atoms with Gasteiger partial charge in [-0.2, -0.15) is 0 Å². The fraction of sp³-hybridized carbons (Fsp3) is 0.619. The molecule has 0 spiro atoms. The van der Waals surface area contributed by atoms with Crippen molar-refractivity contribution in [3.05, 3.63) is 35.9 Å². The van der Waals surface area contributed by atoms with E-state index in [4.69, 9.17) is 4.74 Å². The van der Waals surface area contributed by atoms with Gasteiger partial charge in [-0.15, -0.1) is 0 Å². The van der Waals surface area contributed by atoms with Crippen molar-refractivity contribution in [3.8, 4) is 0 Å². The molecule has 2 aliphatic heterocycles. The number of rotatable bonds is 7. The van der Waals surface area contributed by atoms with Crippen molar-refractivity contribution in [1.82, 2.24) is 9.80 Å². The van der Waals surface area contributed by atoms with Crippen LogP contribution in [0.5, 0.6) is 0 Å². The molecule has 1 aromatic carbocycles. The number of carbonyl (C=O) groups is 2. The van der Waals surface area contributed by atoms with Crippen molar-refractivity contribution in [2.75, 3.05) is 39.9 Å². The third-order valence-corrected chi connectivity index (χ3v) is 5.63. The smallest absolute Gasteiger partial charge is 0.227 e. The van der Waals surface area contributed by atoms with Crippen molar-refractivity contribution in [2.45, 2.75) is 32.1 Å². The summed E-state index contributed by atoms with van der Waals surface area (Å²) >= 11 is 0. The molecule has 0 aliphatic carbocycles. The first-order valence-corrected chi connectivity index (χ1v) is 9.77. The number of benzene rings is 1. The molecular formula is C21H30N2O3. The van der Waals surface area contributed by atoms with E-state index in [1.54, 1.807) is 7.11 Å². The Kier molecular flexibility index (Phi) is 6.67. The second-order valence-corrected chi connectivity index (χ2v) is 7.55. The molecule has 26 heavy (non-hydrogen) atoms. The average Bonchev–Trinajstić information content (AvgIpc) is 3.04. The van der Waals surface area contributed by atoms with E-state index in [9.17, 15) is 9.59 Å². The van der Waals surface area contributed by atoms with Gasteiger partial charge >= 0.3 is 0 Å². The third kappa shape index (κ3) is 4.85. The van der Waals surface area contributed by atoms with E-state index in [-0.39, 0.29) is 17.7 Å². The van der Waals surface area contributed by atoms with Gasteiger partial charge < -0.3 is 14.5 Å². The van der Waals surface area contributed by atoms with Crippen LogP contribution in [0.4, 0.5) is 0 Å². The summed E-state index contributed by atoms with van der Waals surface area (Å²) in [6, 6.07) is 10.6. The number of carbonyl (C=O) groups excluding carboxylic acids is 2. The second kappa shape index (κ2) is 9.17. The van der Waals surface area contributed by atoms with Crippen LogP contribution in [-0.2, 0) is 20.7 Å². The molecule has 0 aromatic heterocycles. The Hall–Kier alpha value is -1.88. The minimum atomic E-state index is -0.157. The molecule has 5 nitrogen and oxygen atoms in total. The molecule has 2 aliphatic rings. The molecule has 1 aromatic rings. The molecule has 3 rings (SSSR count). The first-order chi connectivity index (χ1) is 12.7. The Morgan fingerprint density at radius 1 is 1.19 bits per heavy atom. The molecular weight excluding hydrogens is 328 g/mol. The lowest BCUT2D eigenvalue weighted by molar-refractivity contribution is -0.137. The molecule has 2 heterocycles. The molecule has 1 atom stereocenters. The summed E-state index contributed by atoms with van der Waals surface area (Å²) in [7, 11) is 1.67. The molecule has 0 bridgehead atoms. The van der Waals surface area contributed by atoms with Gasteiger partial charge in [-0.1, -0.05) is 30.3 Å². The predicted octanol–water partition coefficient (Wildman–Crippen LogP) is 2.35. The Morgan fingerprint density at radius 2 is 1.92 bits per heavy atom. The molecule has 2 saturated heterocycles. The van der Waals surface area contributed by atoms with Gasteiger partial charge in [-0.25, -0.2) is 0 Å². The number of hydrogen-bond donors (Lipinski definition) is 0. The van der Waals surface area contributed by atoms with Crippen LogP contribution in [0.3, 0.4) is 0 Å². The van der Waals surface area contributed by atoms with Crippen LogP contribution in [-0.4, -0.2) is 61.5 Å². The largest absolute Gasteiger partial charge is 0.385 e. The highest BCUT2D eigenvalue weighted by Gasteiger charge is 2.37. The van der Waals surface area contributed by atoms with Crippen LogP contribution in [0, 0.1) is 11.8 Å². The van der Waals surface area contributed by atoms with Gasteiger partial charge in [0, 0.05) is 46.3 Å². The molecule has 0 saturated carbocycles. The van der Waals surface area contributed by atoms with E-state index in [0.717, 1.165) is 38.8 Å². The highest BCUT2D eigenvalue weighted by atomic mass is 16.5. The van der Waals surface area contributed by atoms with Crippen LogP contribution >= 0.6 is 0 Å². The Bertz CT molecular complexity index is 597. The predicted molar refractivity (Wildman–Crippen MR) is 101 cm³/mol. The van der Waals surface area contributed by atoms with E-state index < -0.39 is 0 Å². The van der Waals surface area contributed by atoms with E-state index in [0.29, 0.717) is 32.0 Å². The first kappa shape index (κ1) is 18.9. The first-order valence-electron chi connectivity index (χ1n) is 9.77. The van der Waals surface area contributed by atoms with Gasteiger partial charge in [0.2, 0.25) is 11.8 Å². The SMILES string of the molecule is COCCCN1CC(C(=O)N2CCC(Cc3ccccc3)CC2)CC1=O. The minimum Gasteiger partial charge on any atom is -0.385 e. The summed E-state index contributed by atoms with van der Waals surface area (Å²) in [5.41, 5.74) is 1.38. The lowest BCUT2D eigenvalue weighted by atomic mass is 9.89. The number of methoxy groups -OCH3 is 1. The van der Waals surface area contributed by atoms with Gasteiger partial charge in [-0.05, 0) is 37.2 Å². The zero-order chi connectivity index (χ0) is 18.4. The number of hydrogen-bond acceptors (Lipinski definition) is 3.